The van der Waals surface area contributed by atoms with Crippen molar-refractivity contribution in [1.29, 1.82) is 5.26 Å². The molecule has 0 aromatic heterocycles. The van der Waals surface area contributed by atoms with E-state index in [0.29, 0.717) is 23.1 Å². The molecule has 106 valence electrons. The second-order valence-corrected chi connectivity index (χ2v) is 5.10. The zero-order valence-electron chi connectivity index (χ0n) is 11.4. The number of benzene rings is 1. The summed E-state index contributed by atoms with van der Waals surface area (Å²) < 4.78 is 13.6. The number of aliphatic imine (C=N–C) groups is 1. The van der Waals surface area contributed by atoms with Gasteiger partial charge in [0.1, 0.15) is 5.82 Å². The lowest BCUT2D eigenvalue weighted by atomic mass is 9.96. The molecule has 5 heteroatoms. The molecule has 1 aromatic carbocycles. The maximum absolute atomic E-state index is 13.6. The first-order chi connectivity index (χ1) is 9.69. The fourth-order valence-electron chi connectivity index (χ4n) is 2.44. The molecule has 1 fully saturated rings. The van der Waals surface area contributed by atoms with Crippen LogP contribution in [0.2, 0.25) is 0 Å². The quantitative estimate of drug-likeness (QED) is 0.656. The topological polar surface area (TPSA) is 74.2 Å². The number of nitrogens with zero attached hydrogens (tertiary/aromatic N) is 2. The van der Waals surface area contributed by atoms with E-state index in [1.165, 1.54) is 37.5 Å². The van der Waals surface area contributed by atoms with Crippen LogP contribution < -0.4 is 11.1 Å². The highest BCUT2D eigenvalue weighted by atomic mass is 19.1. The highest BCUT2D eigenvalue weighted by Crippen LogP contribution is 2.17. The number of nitriles is 1. The Balaban J connectivity index is 1.95. The smallest absolute Gasteiger partial charge is 0.189 e. The van der Waals surface area contributed by atoms with Crippen LogP contribution in [0.25, 0.3) is 0 Å². The molecule has 0 radical (unpaired) electrons. The number of halogens is 1. The summed E-state index contributed by atoms with van der Waals surface area (Å²) in [7, 11) is 0. The minimum atomic E-state index is -0.363. The van der Waals surface area contributed by atoms with Crippen LogP contribution in [0.15, 0.2) is 23.2 Å². The highest BCUT2D eigenvalue weighted by Gasteiger charge is 2.13. The van der Waals surface area contributed by atoms with Crippen molar-refractivity contribution in [2.75, 3.05) is 0 Å². The summed E-state index contributed by atoms with van der Waals surface area (Å²) in [5, 5.41) is 12.0. The Bertz CT molecular complexity index is 527. The van der Waals surface area contributed by atoms with Crippen LogP contribution in [0.4, 0.5) is 4.39 Å². The average molecular weight is 274 g/mol. The molecule has 0 bridgehead atoms. The van der Waals surface area contributed by atoms with E-state index >= 15 is 0 Å². The zero-order valence-corrected chi connectivity index (χ0v) is 11.4. The first-order valence-corrected chi connectivity index (χ1v) is 6.94. The molecular weight excluding hydrogens is 255 g/mol. The lowest BCUT2D eigenvalue weighted by Crippen LogP contribution is -2.41. The van der Waals surface area contributed by atoms with E-state index in [9.17, 15) is 4.39 Å². The first-order valence-electron chi connectivity index (χ1n) is 6.94. The lowest BCUT2D eigenvalue weighted by molar-refractivity contribution is 0.412. The highest BCUT2D eigenvalue weighted by molar-refractivity contribution is 5.78. The number of guanidine groups is 1. The molecule has 20 heavy (non-hydrogen) atoms. The van der Waals surface area contributed by atoms with Crippen LogP contribution in [0.3, 0.4) is 0 Å². The van der Waals surface area contributed by atoms with Gasteiger partial charge in [0.15, 0.2) is 5.96 Å². The third-order valence-electron chi connectivity index (χ3n) is 3.55. The van der Waals surface area contributed by atoms with Gasteiger partial charge in [0, 0.05) is 11.6 Å². The SMILES string of the molecule is N#Cc1ccc(F)c(CN=C(N)NC2CCCCC2)c1. The monoisotopic (exact) mass is 274 g/mol. The summed E-state index contributed by atoms with van der Waals surface area (Å²) in [5.74, 6) is -0.0168. The number of nitrogens with two attached hydrogens (primary N) is 1. The van der Waals surface area contributed by atoms with Crippen molar-refractivity contribution in [2.45, 2.75) is 44.7 Å². The number of hydrogen-bond acceptors (Lipinski definition) is 2. The number of rotatable bonds is 3. The summed E-state index contributed by atoms with van der Waals surface area (Å²) in [6.45, 7) is 0.146. The molecule has 1 aliphatic carbocycles. The lowest BCUT2D eigenvalue weighted by Gasteiger charge is -2.23. The van der Waals surface area contributed by atoms with Crippen LogP contribution in [-0.2, 0) is 6.54 Å². The summed E-state index contributed by atoms with van der Waals surface area (Å²) in [4.78, 5) is 4.16. The summed E-state index contributed by atoms with van der Waals surface area (Å²) in [6, 6.07) is 6.61. The van der Waals surface area contributed by atoms with Crippen molar-refractivity contribution in [3.8, 4) is 6.07 Å². The van der Waals surface area contributed by atoms with Gasteiger partial charge in [-0.2, -0.15) is 5.26 Å². The van der Waals surface area contributed by atoms with Crippen LogP contribution in [0, 0.1) is 17.1 Å². The average Bonchev–Trinajstić information content (AvgIpc) is 2.47. The number of hydrogen-bond donors (Lipinski definition) is 2. The molecule has 0 unspecified atom stereocenters. The number of nitrogens with one attached hydrogen (secondary N) is 1. The van der Waals surface area contributed by atoms with Crippen molar-refractivity contribution < 1.29 is 4.39 Å². The van der Waals surface area contributed by atoms with Crippen molar-refractivity contribution in [1.82, 2.24) is 5.32 Å². The van der Waals surface area contributed by atoms with Gasteiger partial charge in [0.2, 0.25) is 0 Å². The van der Waals surface area contributed by atoms with Crippen molar-refractivity contribution in [2.24, 2.45) is 10.7 Å². The van der Waals surface area contributed by atoms with Gasteiger partial charge in [-0.15, -0.1) is 0 Å². The third kappa shape index (κ3) is 3.95. The molecule has 0 spiro atoms. The van der Waals surface area contributed by atoms with Crippen LogP contribution in [0.5, 0.6) is 0 Å². The van der Waals surface area contributed by atoms with E-state index < -0.39 is 0 Å². The first kappa shape index (κ1) is 14.3. The second-order valence-electron chi connectivity index (χ2n) is 5.10. The Morgan fingerprint density at radius 3 is 2.85 bits per heavy atom. The Morgan fingerprint density at radius 1 is 1.40 bits per heavy atom. The van der Waals surface area contributed by atoms with Crippen LogP contribution >= 0.6 is 0 Å². The molecule has 3 N–H and O–H groups in total. The maximum atomic E-state index is 13.6. The predicted molar refractivity (Wildman–Crippen MR) is 76.5 cm³/mol. The van der Waals surface area contributed by atoms with Crippen molar-refractivity contribution in [3.63, 3.8) is 0 Å². The Kier molecular flexibility index (Phi) is 4.94. The van der Waals surface area contributed by atoms with E-state index in [2.05, 4.69) is 10.3 Å². The summed E-state index contributed by atoms with van der Waals surface area (Å²) in [6.07, 6.45) is 5.91. The predicted octanol–water partition coefficient (Wildman–Crippen LogP) is 2.43. The van der Waals surface area contributed by atoms with E-state index in [-0.39, 0.29) is 12.4 Å². The standard InChI is InChI=1S/C15H19FN4/c16-14-7-6-11(9-17)8-12(14)10-19-15(18)20-13-4-2-1-3-5-13/h6-8,13H,1-5,10H2,(H3,18,19,20). The fraction of sp³-hybridized carbons (Fsp3) is 0.467. The van der Waals surface area contributed by atoms with Crippen LogP contribution in [0.1, 0.15) is 43.2 Å². The molecule has 0 atom stereocenters. The zero-order chi connectivity index (χ0) is 14.4. The molecule has 1 aromatic rings. The fourth-order valence-corrected chi connectivity index (χ4v) is 2.44. The molecule has 0 saturated heterocycles. The van der Waals surface area contributed by atoms with Gasteiger partial charge in [-0.1, -0.05) is 19.3 Å². The van der Waals surface area contributed by atoms with Gasteiger partial charge in [-0.25, -0.2) is 9.38 Å². The molecule has 4 nitrogen and oxygen atoms in total. The van der Waals surface area contributed by atoms with E-state index in [4.69, 9.17) is 11.0 Å². The summed E-state index contributed by atoms with van der Waals surface area (Å²) in [5.41, 5.74) is 6.64. The van der Waals surface area contributed by atoms with Gasteiger partial charge >= 0.3 is 0 Å². The van der Waals surface area contributed by atoms with Crippen LogP contribution in [-0.4, -0.2) is 12.0 Å². The molecule has 1 aliphatic rings. The second kappa shape index (κ2) is 6.90. The van der Waals surface area contributed by atoms with Gasteiger partial charge in [0.25, 0.3) is 0 Å². The van der Waals surface area contributed by atoms with Crippen molar-refractivity contribution in [3.05, 3.63) is 35.1 Å². The van der Waals surface area contributed by atoms with E-state index in [1.807, 2.05) is 6.07 Å². The summed E-state index contributed by atoms with van der Waals surface area (Å²) >= 11 is 0. The van der Waals surface area contributed by atoms with Gasteiger partial charge in [0.05, 0.1) is 18.2 Å². The van der Waals surface area contributed by atoms with Gasteiger partial charge in [-0.3, -0.25) is 0 Å². The Morgan fingerprint density at radius 2 is 2.15 bits per heavy atom. The maximum Gasteiger partial charge on any atom is 0.189 e. The molecule has 0 amide bonds. The van der Waals surface area contributed by atoms with Gasteiger partial charge in [-0.05, 0) is 31.0 Å². The largest absolute Gasteiger partial charge is 0.370 e. The molecular formula is C15H19FN4. The minimum Gasteiger partial charge on any atom is -0.370 e. The third-order valence-corrected chi connectivity index (χ3v) is 3.55. The van der Waals surface area contributed by atoms with Gasteiger partial charge < -0.3 is 11.1 Å². The van der Waals surface area contributed by atoms with Crippen molar-refractivity contribution >= 4 is 5.96 Å². The normalized spacial score (nSPS) is 16.7. The van der Waals surface area contributed by atoms with E-state index in [1.54, 1.807) is 0 Å². The molecule has 0 aliphatic heterocycles. The van der Waals surface area contributed by atoms with E-state index in [0.717, 1.165) is 12.8 Å². The minimum absolute atomic E-state index is 0.146. The molecule has 2 rings (SSSR count). The Hall–Kier alpha value is -2.09. The Labute approximate surface area is 118 Å². The molecule has 0 heterocycles. The molecule has 1 saturated carbocycles.